The summed E-state index contributed by atoms with van der Waals surface area (Å²) in [5.41, 5.74) is 0.332. The largest absolute Gasteiger partial charge is 0.484 e. The van der Waals surface area contributed by atoms with Crippen LogP contribution in [0.15, 0.2) is 35.4 Å². The standard InChI is InChI=1S/C19H21N5O7/c1-9-3-2-4-10(5-9)30-7-12(26)21-19-22-16-13(17(29)23-19)20-8-24(16)18-15(28)14(27)11(6-25)31-18/h2-5,8,11,14-15,18,25,27-28H,6-7H2,1H3,(H2,21,22,23,26,29)/t11-,14-,15-,18-/m1/s1. The molecule has 3 aromatic rings. The minimum atomic E-state index is -1.38. The number of benzene rings is 1. The number of carbonyl (C=O) groups is 1. The minimum Gasteiger partial charge on any atom is -0.484 e. The highest BCUT2D eigenvalue weighted by Crippen LogP contribution is 2.30. The van der Waals surface area contributed by atoms with Crippen LogP contribution in [0.5, 0.6) is 5.75 Å². The van der Waals surface area contributed by atoms with Crippen molar-refractivity contribution in [1.29, 1.82) is 0 Å². The molecule has 4 atom stereocenters. The first kappa shape index (κ1) is 20.9. The minimum absolute atomic E-state index is 0.0218. The van der Waals surface area contributed by atoms with Gasteiger partial charge in [0.25, 0.3) is 11.5 Å². The van der Waals surface area contributed by atoms with Crippen molar-refractivity contribution in [3.63, 3.8) is 0 Å². The van der Waals surface area contributed by atoms with E-state index in [1.54, 1.807) is 18.2 Å². The lowest BCUT2D eigenvalue weighted by atomic mass is 10.1. The lowest BCUT2D eigenvalue weighted by Crippen LogP contribution is -2.33. The number of rotatable bonds is 6. The fraction of sp³-hybridized carbons (Fsp3) is 0.368. The maximum Gasteiger partial charge on any atom is 0.280 e. The third-order valence-electron chi connectivity index (χ3n) is 4.84. The van der Waals surface area contributed by atoms with E-state index in [1.165, 1.54) is 10.9 Å². The van der Waals surface area contributed by atoms with Gasteiger partial charge >= 0.3 is 0 Å². The number of fused-ring (bicyclic) bond motifs is 1. The molecule has 5 N–H and O–H groups in total. The normalized spacial score (nSPS) is 23.2. The number of ether oxygens (including phenoxy) is 2. The number of anilines is 1. The molecule has 1 aliphatic rings. The van der Waals surface area contributed by atoms with Gasteiger partial charge in [0, 0.05) is 0 Å². The van der Waals surface area contributed by atoms with Gasteiger partial charge in [-0.1, -0.05) is 12.1 Å². The monoisotopic (exact) mass is 431 g/mol. The average molecular weight is 431 g/mol. The van der Waals surface area contributed by atoms with Crippen molar-refractivity contribution in [2.45, 2.75) is 31.5 Å². The van der Waals surface area contributed by atoms with E-state index in [4.69, 9.17) is 9.47 Å². The number of nitrogens with one attached hydrogen (secondary N) is 2. The lowest BCUT2D eigenvalue weighted by Gasteiger charge is -2.16. The first-order valence-corrected chi connectivity index (χ1v) is 9.46. The molecule has 1 saturated heterocycles. The van der Waals surface area contributed by atoms with E-state index in [0.717, 1.165) is 5.56 Å². The highest BCUT2D eigenvalue weighted by atomic mass is 16.6. The van der Waals surface area contributed by atoms with Gasteiger partial charge in [-0.3, -0.25) is 24.5 Å². The van der Waals surface area contributed by atoms with E-state index in [2.05, 4.69) is 20.3 Å². The van der Waals surface area contributed by atoms with Crippen molar-refractivity contribution in [3.05, 3.63) is 46.5 Å². The highest BCUT2D eigenvalue weighted by Gasteiger charge is 2.44. The molecule has 31 heavy (non-hydrogen) atoms. The molecule has 0 unspecified atom stereocenters. The number of aromatic nitrogens is 4. The van der Waals surface area contributed by atoms with E-state index in [-0.39, 0.29) is 23.7 Å². The van der Waals surface area contributed by atoms with Crippen molar-refractivity contribution in [2.24, 2.45) is 0 Å². The molecule has 4 rings (SSSR count). The maximum atomic E-state index is 12.3. The predicted octanol–water partition coefficient (Wildman–Crippen LogP) is -0.943. The number of nitrogens with zero attached hydrogens (tertiary/aromatic N) is 3. The second kappa shape index (κ2) is 8.43. The van der Waals surface area contributed by atoms with Gasteiger partial charge in [0.2, 0.25) is 5.95 Å². The maximum absolute atomic E-state index is 12.3. The molecule has 0 saturated carbocycles. The Bertz CT molecular complexity index is 1160. The van der Waals surface area contributed by atoms with Crippen LogP contribution in [0.4, 0.5) is 5.95 Å². The Morgan fingerprint density at radius 1 is 1.35 bits per heavy atom. The van der Waals surface area contributed by atoms with Gasteiger partial charge in [-0.2, -0.15) is 4.98 Å². The van der Waals surface area contributed by atoms with Gasteiger partial charge < -0.3 is 24.8 Å². The van der Waals surface area contributed by atoms with E-state index in [0.29, 0.717) is 5.75 Å². The number of aliphatic hydroxyl groups is 3. The molecule has 2 aromatic heterocycles. The fourth-order valence-electron chi connectivity index (χ4n) is 3.30. The van der Waals surface area contributed by atoms with Crippen LogP contribution in [0.2, 0.25) is 0 Å². The summed E-state index contributed by atoms with van der Waals surface area (Å²) in [6, 6.07) is 7.19. The third-order valence-corrected chi connectivity index (χ3v) is 4.84. The molecule has 0 bridgehead atoms. The quantitative estimate of drug-likeness (QED) is 0.330. The Balaban J connectivity index is 1.54. The summed E-state index contributed by atoms with van der Waals surface area (Å²) in [6.07, 6.45) is -3.61. The van der Waals surface area contributed by atoms with Crippen LogP contribution in [-0.2, 0) is 9.53 Å². The van der Waals surface area contributed by atoms with Gasteiger partial charge in [0.05, 0.1) is 12.9 Å². The van der Waals surface area contributed by atoms with Crippen LogP contribution in [-0.4, -0.2) is 72.3 Å². The number of aromatic amines is 1. The number of hydrogen-bond donors (Lipinski definition) is 5. The molecule has 3 heterocycles. The van der Waals surface area contributed by atoms with Crippen molar-refractivity contribution in [1.82, 2.24) is 19.5 Å². The number of imidazole rings is 1. The van der Waals surface area contributed by atoms with Crippen LogP contribution in [0.3, 0.4) is 0 Å². The average Bonchev–Trinajstić information content (AvgIpc) is 3.28. The van der Waals surface area contributed by atoms with Crippen LogP contribution in [0, 0.1) is 6.92 Å². The van der Waals surface area contributed by atoms with E-state index < -0.39 is 42.6 Å². The molecule has 1 aromatic carbocycles. The Labute approximate surface area is 175 Å². The van der Waals surface area contributed by atoms with Crippen molar-refractivity contribution >= 4 is 23.0 Å². The van der Waals surface area contributed by atoms with Crippen molar-refractivity contribution < 1.29 is 29.6 Å². The van der Waals surface area contributed by atoms with Crippen LogP contribution >= 0.6 is 0 Å². The van der Waals surface area contributed by atoms with Crippen LogP contribution in [0.1, 0.15) is 11.8 Å². The van der Waals surface area contributed by atoms with Crippen molar-refractivity contribution in [2.75, 3.05) is 18.5 Å². The summed E-state index contributed by atoms with van der Waals surface area (Å²) in [7, 11) is 0. The van der Waals surface area contributed by atoms with Crippen molar-refractivity contribution in [3.8, 4) is 5.75 Å². The first-order chi connectivity index (χ1) is 14.9. The van der Waals surface area contributed by atoms with E-state index in [1.807, 2.05) is 13.0 Å². The van der Waals surface area contributed by atoms with E-state index >= 15 is 0 Å². The molecule has 164 valence electrons. The zero-order chi connectivity index (χ0) is 22.1. The Hall–Kier alpha value is -3.32. The molecule has 12 heteroatoms. The summed E-state index contributed by atoms with van der Waals surface area (Å²) in [6.45, 7) is 1.09. The van der Waals surface area contributed by atoms with Crippen LogP contribution < -0.4 is 15.6 Å². The summed E-state index contributed by atoms with van der Waals surface area (Å²) in [5.74, 6) is -0.179. The number of aliphatic hydroxyl groups excluding tert-OH is 3. The summed E-state index contributed by atoms with van der Waals surface area (Å²) < 4.78 is 12.1. The Morgan fingerprint density at radius 2 is 2.16 bits per heavy atom. The molecule has 1 aliphatic heterocycles. The molecule has 1 fully saturated rings. The Kier molecular flexibility index (Phi) is 5.69. The van der Waals surface area contributed by atoms with E-state index in [9.17, 15) is 24.9 Å². The number of carbonyl (C=O) groups excluding carboxylic acids is 1. The lowest BCUT2D eigenvalue weighted by molar-refractivity contribution is -0.118. The molecule has 0 spiro atoms. The molecular weight excluding hydrogens is 410 g/mol. The van der Waals surface area contributed by atoms with Gasteiger partial charge in [-0.25, -0.2) is 4.98 Å². The summed E-state index contributed by atoms with van der Waals surface area (Å²) >= 11 is 0. The summed E-state index contributed by atoms with van der Waals surface area (Å²) in [5, 5.41) is 31.9. The number of amides is 1. The number of H-pyrrole nitrogens is 1. The number of hydrogen-bond acceptors (Lipinski definition) is 9. The van der Waals surface area contributed by atoms with Gasteiger partial charge in [-0.15, -0.1) is 0 Å². The van der Waals surface area contributed by atoms with Gasteiger partial charge in [0.15, 0.2) is 24.0 Å². The van der Waals surface area contributed by atoms with Gasteiger partial charge in [0.1, 0.15) is 24.1 Å². The predicted molar refractivity (Wildman–Crippen MR) is 106 cm³/mol. The topological polar surface area (TPSA) is 172 Å². The fourth-order valence-corrected chi connectivity index (χ4v) is 3.30. The molecule has 1 amide bonds. The van der Waals surface area contributed by atoms with Gasteiger partial charge in [-0.05, 0) is 24.6 Å². The smallest absolute Gasteiger partial charge is 0.280 e. The zero-order valence-electron chi connectivity index (χ0n) is 16.4. The second-order valence-electron chi connectivity index (χ2n) is 7.12. The molecule has 0 radical (unpaired) electrons. The molecule has 0 aliphatic carbocycles. The zero-order valence-corrected chi connectivity index (χ0v) is 16.4. The first-order valence-electron chi connectivity index (χ1n) is 9.46. The highest BCUT2D eigenvalue weighted by molar-refractivity contribution is 5.90. The SMILES string of the molecule is Cc1cccc(OCC(=O)Nc2nc3c(ncn3[C@@H]3O[C@H](CO)[C@@H](O)[C@H]3O)c(=O)[nH]2)c1. The Morgan fingerprint density at radius 3 is 2.87 bits per heavy atom. The third kappa shape index (κ3) is 4.14. The molecular formula is C19H21N5O7. The molecule has 12 nitrogen and oxygen atoms in total. The van der Waals surface area contributed by atoms with Crippen LogP contribution in [0.25, 0.3) is 11.2 Å². The second-order valence-corrected chi connectivity index (χ2v) is 7.12. The number of aryl methyl sites for hydroxylation is 1. The summed E-state index contributed by atoms with van der Waals surface area (Å²) in [4.78, 5) is 35.1.